The summed E-state index contributed by atoms with van der Waals surface area (Å²) in [6.45, 7) is 0. The van der Waals surface area contributed by atoms with Crippen molar-refractivity contribution in [1.82, 2.24) is 10.2 Å². The maximum Gasteiger partial charge on any atom is 0.119 e. The van der Waals surface area contributed by atoms with Crippen molar-refractivity contribution in [3.63, 3.8) is 0 Å². The minimum atomic E-state index is 1.57. The molecule has 4 heteroatoms. The molecule has 0 amide bonds. The van der Waals surface area contributed by atoms with Crippen LogP contribution in [0.3, 0.4) is 0 Å². The molecule has 2 rings (SSSR count). The van der Waals surface area contributed by atoms with Gasteiger partial charge in [-0.3, -0.25) is 0 Å². The van der Waals surface area contributed by atoms with Gasteiger partial charge in [-0.1, -0.05) is 6.08 Å². The van der Waals surface area contributed by atoms with Gasteiger partial charge in [0.2, 0.25) is 0 Å². The van der Waals surface area contributed by atoms with E-state index in [1.807, 2.05) is 29.8 Å². The molecule has 0 aliphatic carbocycles. The van der Waals surface area contributed by atoms with E-state index in [2.05, 4.69) is 15.0 Å². The first-order chi connectivity index (χ1) is 6.00. The van der Waals surface area contributed by atoms with E-state index in [4.69, 9.17) is 0 Å². The lowest BCUT2D eigenvalue weighted by molar-refractivity contribution is 0.172. The van der Waals surface area contributed by atoms with Crippen molar-refractivity contribution in [2.75, 3.05) is 0 Å². The topological polar surface area (TPSA) is 33.3 Å². The Kier molecular flexibility index (Phi) is 4.71. The summed E-state index contributed by atoms with van der Waals surface area (Å²) >= 11 is 1.58. The van der Waals surface area contributed by atoms with Crippen molar-refractivity contribution in [3.05, 3.63) is 48.4 Å². The summed E-state index contributed by atoms with van der Waals surface area (Å²) in [4.78, 5) is 4.55. The Morgan fingerprint density at radius 1 is 1.00 bits per heavy atom. The van der Waals surface area contributed by atoms with E-state index in [1.165, 1.54) is 0 Å². The predicted octanol–water partition coefficient (Wildman–Crippen LogP) is 1.81. The summed E-state index contributed by atoms with van der Waals surface area (Å²) in [6.07, 6.45) is 12.8. The molecule has 0 unspecified atom stereocenters. The maximum atomic E-state index is 4.55. The van der Waals surface area contributed by atoms with Crippen LogP contribution >= 0.6 is 11.9 Å². The molecule has 0 saturated heterocycles. The zero-order valence-corrected chi connectivity index (χ0v) is 7.25. The highest BCUT2D eigenvalue weighted by Gasteiger charge is 1.74. The van der Waals surface area contributed by atoms with Gasteiger partial charge in [0, 0.05) is 12.4 Å². The highest BCUT2D eigenvalue weighted by molar-refractivity contribution is 8.00. The molecular formula is C8H10N2OS. The summed E-state index contributed by atoms with van der Waals surface area (Å²) in [5.74, 6) is 0. The normalized spacial score (nSPS) is 16.7. The third-order valence-electron chi connectivity index (χ3n) is 0.980. The van der Waals surface area contributed by atoms with E-state index in [1.54, 1.807) is 30.5 Å². The highest BCUT2D eigenvalue weighted by atomic mass is 32.2. The van der Waals surface area contributed by atoms with Crippen molar-refractivity contribution < 1.29 is 4.84 Å². The Balaban J connectivity index is 0.000000120. The molecule has 0 saturated carbocycles. The second-order valence-corrected chi connectivity index (χ2v) is 2.59. The molecule has 2 aliphatic heterocycles. The number of hydroxylamine groups is 1. The molecule has 0 atom stereocenters. The SMILES string of the molecule is C1=CNOC=C1.C1=CNSC=C1. The predicted molar refractivity (Wildman–Crippen MR) is 51.5 cm³/mol. The molecule has 0 bridgehead atoms. The van der Waals surface area contributed by atoms with Crippen LogP contribution in [0.15, 0.2) is 48.4 Å². The second kappa shape index (κ2) is 6.42. The van der Waals surface area contributed by atoms with Crippen LogP contribution in [0, 0.1) is 0 Å². The molecule has 12 heavy (non-hydrogen) atoms. The molecule has 2 aliphatic rings. The van der Waals surface area contributed by atoms with Crippen LogP contribution in [0.5, 0.6) is 0 Å². The first-order valence-electron chi connectivity index (χ1n) is 3.46. The van der Waals surface area contributed by atoms with Gasteiger partial charge in [0.25, 0.3) is 0 Å². The van der Waals surface area contributed by atoms with Gasteiger partial charge in [-0.15, -0.1) is 0 Å². The summed E-state index contributed by atoms with van der Waals surface area (Å²) in [7, 11) is 0. The Morgan fingerprint density at radius 3 is 2.08 bits per heavy atom. The number of hydrogen-bond acceptors (Lipinski definition) is 4. The van der Waals surface area contributed by atoms with Gasteiger partial charge in [0.1, 0.15) is 6.26 Å². The molecular weight excluding hydrogens is 172 g/mol. The van der Waals surface area contributed by atoms with Gasteiger partial charge in [0.15, 0.2) is 0 Å². The van der Waals surface area contributed by atoms with Crippen molar-refractivity contribution >= 4 is 11.9 Å². The molecule has 0 radical (unpaired) electrons. The first-order valence-corrected chi connectivity index (χ1v) is 4.34. The van der Waals surface area contributed by atoms with Crippen LogP contribution in [0.4, 0.5) is 0 Å². The average molecular weight is 182 g/mol. The summed E-state index contributed by atoms with van der Waals surface area (Å²) < 4.78 is 2.93. The van der Waals surface area contributed by atoms with E-state index in [0.717, 1.165) is 0 Å². The zero-order valence-electron chi connectivity index (χ0n) is 6.44. The van der Waals surface area contributed by atoms with Crippen LogP contribution in [0.1, 0.15) is 0 Å². The molecule has 0 fully saturated rings. The molecule has 0 aromatic carbocycles. The van der Waals surface area contributed by atoms with Gasteiger partial charge >= 0.3 is 0 Å². The van der Waals surface area contributed by atoms with Gasteiger partial charge in [-0.25, -0.2) is 5.48 Å². The lowest BCUT2D eigenvalue weighted by Gasteiger charge is -1.97. The van der Waals surface area contributed by atoms with E-state index in [-0.39, 0.29) is 0 Å². The zero-order chi connectivity index (χ0) is 8.49. The fraction of sp³-hybridized carbons (Fsp3) is 0. The summed E-state index contributed by atoms with van der Waals surface area (Å²) in [5.41, 5.74) is 2.52. The monoisotopic (exact) mass is 182 g/mol. The van der Waals surface area contributed by atoms with E-state index < -0.39 is 0 Å². The largest absolute Gasteiger partial charge is 0.391 e. The maximum absolute atomic E-state index is 4.55. The van der Waals surface area contributed by atoms with Crippen LogP contribution in [0.25, 0.3) is 0 Å². The fourth-order valence-corrected chi connectivity index (χ4v) is 0.921. The Hall–Kier alpha value is -1.29. The molecule has 2 heterocycles. The van der Waals surface area contributed by atoms with Crippen LogP contribution in [-0.4, -0.2) is 0 Å². The van der Waals surface area contributed by atoms with Crippen LogP contribution < -0.4 is 10.2 Å². The van der Waals surface area contributed by atoms with Crippen molar-refractivity contribution in [3.8, 4) is 0 Å². The number of allylic oxidation sites excluding steroid dienone is 4. The minimum Gasteiger partial charge on any atom is -0.391 e. The average Bonchev–Trinajstić information content (AvgIpc) is 2.24. The number of rotatable bonds is 0. The Morgan fingerprint density at radius 2 is 1.92 bits per heavy atom. The Bertz CT molecular complexity index is 173. The van der Waals surface area contributed by atoms with Crippen LogP contribution in [-0.2, 0) is 4.84 Å². The van der Waals surface area contributed by atoms with Crippen molar-refractivity contribution in [2.45, 2.75) is 0 Å². The second-order valence-electron chi connectivity index (χ2n) is 1.85. The number of nitrogens with one attached hydrogen (secondary N) is 2. The standard InChI is InChI=1S/C4H5NO.C4H5NS/c2*1-2-4-6-5-3-1/h2*1-5H. The van der Waals surface area contributed by atoms with E-state index in [0.29, 0.717) is 0 Å². The third kappa shape index (κ3) is 4.51. The fourth-order valence-electron chi connectivity index (χ4n) is 0.516. The Labute approximate surface area is 76.0 Å². The summed E-state index contributed by atoms with van der Waals surface area (Å²) in [5, 5.41) is 1.99. The minimum absolute atomic E-state index is 1.57. The number of hydrogen-bond donors (Lipinski definition) is 2. The summed E-state index contributed by atoms with van der Waals surface area (Å²) in [6, 6.07) is 0. The van der Waals surface area contributed by atoms with E-state index in [9.17, 15) is 0 Å². The molecule has 64 valence electrons. The molecule has 0 aromatic heterocycles. The van der Waals surface area contributed by atoms with Crippen molar-refractivity contribution in [1.29, 1.82) is 0 Å². The quantitative estimate of drug-likeness (QED) is 0.560. The first kappa shape index (κ1) is 8.80. The lowest BCUT2D eigenvalue weighted by atomic mass is 10.6. The molecule has 3 nitrogen and oxygen atoms in total. The molecule has 0 aromatic rings. The van der Waals surface area contributed by atoms with Gasteiger partial charge in [0.05, 0.1) is 0 Å². The van der Waals surface area contributed by atoms with Gasteiger partial charge < -0.3 is 9.56 Å². The van der Waals surface area contributed by atoms with Crippen molar-refractivity contribution in [2.24, 2.45) is 0 Å². The molecule has 2 N–H and O–H groups in total. The highest BCUT2D eigenvalue weighted by Crippen LogP contribution is 1.98. The lowest BCUT2D eigenvalue weighted by Crippen LogP contribution is -2.01. The van der Waals surface area contributed by atoms with E-state index >= 15 is 0 Å². The smallest absolute Gasteiger partial charge is 0.119 e. The van der Waals surface area contributed by atoms with Gasteiger partial charge in [-0.2, -0.15) is 0 Å². The molecule has 0 spiro atoms. The van der Waals surface area contributed by atoms with Gasteiger partial charge in [-0.05, 0) is 35.6 Å². The van der Waals surface area contributed by atoms with Crippen LogP contribution in [0.2, 0.25) is 0 Å². The third-order valence-corrected chi connectivity index (χ3v) is 1.55.